The molecule has 1 aromatic heterocycles. The average Bonchev–Trinajstić information content (AvgIpc) is 3.14. The van der Waals surface area contributed by atoms with Crippen LogP contribution in [0.5, 0.6) is 0 Å². The third kappa shape index (κ3) is 3.74. The number of aromatic nitrogens is 1. The molecule has 1 heterocycles. The molecule has 1 fully saturated rings. The molecule has 0 saturated heterocycles. The van der Waals surface area contributed by atoms with Crippen LogP contribution in [-0.4, -0.2) is 33.9 Å². The van der Waals surface area contributed by atoms with Crippen molar-refractivity contribution in [2.75, 3.05) is 6.54 Å². The third-order valence-electron chi connectivity index (χ3n) is 4.63. The van der Waals surface area contributed by atoms with Gasteiger partial charge in [-0.05, 0) is 31.0 Å². The molecular formula is C19H22N2O3. The van der Waals surface area contributed by atoms with Gasteiger partial charge in [0.1, 0.15) is 0 Å². The number of hydrogen-bond acceptors (Lipinski definition) is 3. The summed E-state index contributed by atoms with van der Waals surface area (Å²) in [5.41, 5.74) is 0.835. The molecule has 2 aromatic rings. The number of carbonyl (C=O) groups excluding carboxylic acids is 2. The number of aliphatic hydroxyl groups is 1. The molecule has 5 heteroatoms. The van der Waals surface area contributed by atoms with Gasteiger partial charge >= 0.3 is 0 Å². The minimum absolute atomic E-state index is 0.0836. The molecule has 0 unspecified atom stereocenters. The second-order valence-corrected chi connectivity index (χ2v) is 6.47. The van der Waals surface area contributed by atoms with Crippen molar-refractivity contribution in [3.05, 3.63) is 59.4 Å². The van der Waals surface area contributed by atoms with E-state index in [4.69, 9.17) is 0 Å². The third-order valence-corrected chi connectivity index (χ3v) is 4.63. The molecule has 1 saturated carbocycles. The number of rotatable bonds is 5. The number of hydrogen-bond donors (Lipinski definition) is 3. The van der Waals surface area contributed by atoms with Crippen LogP contribution in [0.25, 0.3) is 0 Å². The van der Waals surface area contributed by atoms with Crippen molar-refractivity contribution in [2.24, 2.45) is 0 Å². The Morgan fingerprint density at radius 2 is 1.67 bits per heavy atom. The molecule has 1 aliphatic rings. The first kappa shape index (κ1) is 16.5. The van der Waals surface area contributed by atoms with E-state index >= 15 is 0 Å². The highest BCUT2D eigenvalue weighted by Crippen LogP contribution is 2.27. The molecule has 126 valence electrons. The highest BCUT2D eigenvalue weighted by Gasteiger charge is 2.29. The van der Waals surface area contributed by atoms with Gasteiger partial charge in [0.2, 0.25) is 0 Å². The molecule has 1 aromatic carbocycles. The lowest BCUT2D eigenvalue weighted by Crippen LogP contribution is -2.44. The van der Waals surface area contributed by atoms with Gasteiger partial charge in [-0.3, -0.25) is 9.59 Å². The number of aromatic amines is 1. The molecule has 0 spiro atoms. The molecule has 0 aliphatic heterocycles. The lowest BCUT2D eigenvalue weighted by molar-refractivity contribution is 0.00525. The standard InChI is InChI=1S/C19H22N2O3/c22-17(16-8-11-20-12-16)14-4-6-15(7-5-14)18(23)21-13-19(24)9-2-1-3-10-19/h4-8,11-12,20,24H,1-3,9-10,13H2,(H,21,23). The summed E-state index contributed by atoms with van der Waals surface area (Å²) in [5, 5.41) is 13.2. The van der Waals surface area contributed by atoms with Crippen LogP contribution in [0.4, 0.5) is 0 Å². The van der Waals surface area contributed by atoms with Gasteiger partial charge in [0.25, 0.3) is 5.91 Å². The van der Waals surface area contributed by atoms with Crippen molar-refractivity contribution in [1.82, 2.24) is 10.3 Å². The van der Waals surface area contributed by atoms with Crippen molar-refractivity contribution >= 4 is 11.7 Å². The normalized spacial score (nSPS) is 16.5. The van der Waals surface area contributed by atoms with Gasteiger partial charge in [-0.2, -0.15) is 0 Å². The predicted octanol–water partition coefficient (Wildman–Crippen LogP) is 2.67. The first-order valence-corrected chi connectivity index (χ1v) is 8.36. The first-order chi connectivity index (χ1) is 11.6. The van der Waals surface area contributed by atoms with E-state index in [1.807, 2.05) is 0 Å². The van der Waals surface area contributed by atoms with Crippen molar-refractivity contribution in [2.45, 2.75) is 37.7 Å². The Bertz CT molecular complexity index is 699. The maximum Gasteiger partial charge on any atom is 0.251 e. The summed E-state index contributed by atoms with van der Waals surface area (Å²) in [6.45, 7) is 0.274. The predicted molar refractivity (Wildman–Crippen MR) is 91.0 cm³/mol. The van der Waals surface area contributed by atoms with Gasteiger partial charge in [0, 0.05) is 35.6 Å². The van der Waals surface area contributed by atoms with Crippen LogP contribution in [-0.2, 0) is 0 Å². The van der Waals surface area contributed by atoms with E-state index in [1.54, 1.807) is 42.7 Å². The Morgan fingerprint density at radius 3 is 2.29 bits per heavy atom. The maximum atomic E-state index is 12.2. The van der Waals surface area contributed by atoms with Crippen molar-refractivity contribution in [3.63, 3.8) is 0 Å². The smallest absolute Gasteiger partial charge is 0.251 e. The maximum absolute atomic E-state index is 12.2. The zero-order chi connectivity index (χ0) is 17.0. The van der Waals surface area contributed by atoms with Crippen molar-refractivity contribution in [1.29, 1.82) is 0 Å². The number of nitrogens with one attached hydrogen (secondary N) is 2. The molecule has 5 nitrogen and oxygen atoms in total. The minimum Gasteiger partial charge on any atom is -0.388 e. The number of ketones is 1. The van der Waals surface area contributed by atoms with Crippen LogP contribution in [0, 0.1) is 0 Å². The molecular weight excluding hydrogens is 304 g/mol. The van der Waals surface area contributed by atoms with Gasteiger partial charge in [-0.15, -0.1) is 0 Å². The molecule has 24 heavy (non-hydrogen) atoms. The van der Waals surface area contributed by atoms with E-state index < -0.39 is 5.60 Å². The average molecular weight is 326 g/mol. The Morgan fingerprint density at radius 1 is 1.00 bits per heavy atom. The largest absolute Gasteiger partial charge is 0.388 e. The second kappa shape index (κ2) is 7.01. The van der Waals surface area contributed by atoms with Crippen molar-refractivity contribution in [3.8, 4) is 0 Å². The van der Waals surface area contributed by atoms with Gasteiger partial charge in [0.05, 0.1) is 5.60 Å². The van der Waals surface area contributed by atoms with Gasteiger partial charge in [0.15, 0.2) is 5.78 Å². The van der Waals surface area contributed by atoms with E-state index in [0.29, 0.717) is 16.7 Å². The summed E-state index contributed by atoms with van der Waals surface area (Å²) in [6, 6.07) is 8.30. The quantitative estimate of drug-likeness (QED) is 0.739. The summed E-state index contributed by atoms with van der Waals surface area (Å²) in [5.74, 6) is -0.311. The van der Waals surface area contributed by atoms with Gasteiger partial charge < -0.3 is 15.4 Å². The number of amides is 1. The van der Waals surface area contributed by atoms with Gasteiger partial charge in [-0.25, -0.2) is 0 Å². The Balaban J connectivity index is 1.60. The molecule has 1 aliphatic carbocycles. The summed E-state index contributed by atoms with van der Waals surface area (Å²) in [6.07, 6.45) is 7.96. The zero-order valence-electron chi connectivity index (χ0n) is 13.5. The molecule has 3 N–H and O–H groups in total. The number of benzene rings is 1. The Labute approximate surface area is 141 Å². The van der Waals surface area contributed by atoms with E-state index in [-0.39, 0.29) is 18.2 Å². The van der Waals surface area contributed by atoms with Gasteiger partial charge in [-0.1, -0.05) is 31.4 Å². The molecule has 0 atom stereocenters. The van der Waals surface area contributed by atoms with E-state index in [0.717, 1.165) is 32.1 Å². The monoisotopic (exact) mass is 326 g/mol. The topological polar surface area (TPSA) is 82.2 Å². The Hall–Kier alpha value is -2.40. The second-order valence-electron chi connectivity index (χ2n) is 6.47. The highest BCUT2D eigenvalue weighted by molar-refractivity contribution is 6.09. The van der Waals surface area contributed by atoms with E-state index in [1.165, 1.54) is 0 Å². The summed E-state index contributed by atoms with van der Waals surface area (Å²) in [7, 11) is 0. The van der Waals surface area contributed by atoms with E-state index in [9.17, 15) is 14.7 Å². The molecule has 0 radical (unpaired) electrons. The first-order valence-electron chi connectivity index (χ1n) is 8.36. The van der Waals surface area contributed by atoms with Crippen LogP contribution in [0.2, 0.25) is 0 Å². The molecule has 0 bridgehead atoms. The molecule has 3 rings (SSSR count). The SMILES string of the molecule is O=C(NCC1(O)CCCCC1)c1ccc(C(=O)c2cc[nH]c2)cc1. The van der Waals surface area contributed by atoms with Crippen LogP contribution in [0.1, 0.15) is 58.4 Å². The summed E-state index contributed by atoms with van der Waals surface area (Å²) < 4.78 is 0. The van der Waals surface area contributed by atoms with Crippen LogP contribution in [0.15, 0.2) is 42.7 Å². The Kier molecular flexibility index (Phi) is 4.81. The number of carbonyl (C=O) groups is 2. The summed E-state index contributed by atoms with van der Waals surface area (Å²) in [4.78, 5) is 27.3. The highest BCUT2D eigenvalue weighted by atomic mass is 16.3. The fraction of sp³-hybridized carbons (Fsp3) is 0.368. The minimum atomic E-state index is -0.780. The lowest BCUT2D eigenvalue weighted by atomic mass is 9.85. The zero-order valence-corrected chi connectivity index (χ0v) is 13.5. The lowest BCUT2D eigenvalue weighted by Gasteiger charge is -2.32. The van der Waals surface area contributed by atoms with E-state index in [2.05, 4.69) is 10.3 Å². The number of H-pyrrole nitrogens is 1. The van der Waals surface area contributed by atoms with Crippen LogP contribution in [0.3, 0.4) is 0 Å². The summed E-state index contributed by atoms with van der Waals surface area (Å²) >= 11 is 0. The fourth-order valence-corrected chi connectivity index (χ4v) is 3.14. The van der Waals surface area contributed by atoms with Crippen molar-refractivity contribution < 1.29 is 14.7 Å². The molecule has 1 amide bonds. The van der Waals surface area contributed by atoms with Crippen LogP contribution >= 0.6 is 0 Å². The fourth-order valence-electron chi connectivity index (χ4n) is 3.14. The van der Waals surface area contributed by atoms with Crippen LogP contribution < -0.4 is 5.32 Å².